The van der Waals surface area contributed by atoms with Crippen LogP contribution in [-0.2, 0) is 23.7 Å². The topological polar surface area (TPSA) is 118 Å². The third-order valence-electron chi connectivity index (χ3n) is 5.74. The molecule has 1 heterocycles. The van der Waals surface area contributed by atoms with E-state index >= 15 is 0 Å². The van der Waals surface area contributed by atoms with Crippen LogP contribution in [0.25, 0.3) is 0 Å². The molecule has 37 heavy (non-hydrogen) atoms. The smallest absolute Gasteiger partial charge is 0.338 e. The monoisotopic (exact) mass is 506 g/mol. The van der Waals surface area contributed by atoms with Crippen molar-refractivity contribution < 1.29 is 43.2 Å². The molecule has 9 heteroatoms. The first-order valence-corrected chi connectivity index (χ1v) is 11.6. The fraction of sp³-hybridized carbons (Fsp3) is 0.250. The van der Waals surface area contributed by atoms with Crippen molar-refractivity contribution in [2.24, 2.45) is 0 Å². The largest absolute Gasteiger partial charge is 0.459 e. The van der Waals surface area contributed by atoms with Gasteiger partial charge in [-0.05, 0) is 36.4 Å². The Morgan fingerprint density at radius 2 is 1.14 bits per heavy atom. The van der Waals surface area contributed by atoms with Gasteiger partial charge in [0.15, 0.2) is 18.5 Å². The van der Waals surface area contributed by atoms with Crippen molar-refractivity contribution in [1.82, 2.24) is 0 Å². The van der Waals surface area contributed by atoms with Gasteiger partial charge in [-0.15, -0.1) is 0 Å². The van der Waals surface area contributed by atoms with E-state index in [2.05, 4.69) is 0 Å². The number of esters is 3. The van der Waals surface area contributed by atoms with Gasteiger partial charge in [-0.3, -0.25) is 0 Å². The Labute approximate surface area is 213 Å². The Hall–Kier alpha value is -4.05. The zero-order chi connectivity index (χ0) is 26.2. The summed E-state index contributed by atoms with van der Waals surface area (Å²) in [5.41, 5.74) is 0.803. The predicted molar refractivity (Wildman–Crippen MR) is 130 cm³/mol. The number of ether oxygens (including phenoxy) is 5. The lowest BCUT2D eigenvalue weighted by Gasteiger charge is -2.42. The summed E-state index contributed by atoms with van der Waals surface area (Å²) in [6.07, 6.45) is -6.59. The van der Waals surface area contributed by atoms with Gasteiger partial charge in [0, 0.05) is 7.11 Å². The Morgan fingerprint density at radius 1 is 0.703 bits per heavy atom. The van der Waals surface area contributed by atoms with E-state index in [1.165, 1.54) is 7.11 Å². The molecule has 1 N–H and O–H groups in total. The van der Waals surface area contributed by atoms with Crippen LogP contribution in [0.3, 0.4) is 0 Å². The molecule has 1 aliphatic heterocycles. The lowest BCUT2D eigenvalue weighted by atomic mass is 9.98. The third-order valence-corrected chi connectivity index (χ3v) is 5.74. The molecule has 4 rings (SSSR count). The van der Waals surface area contributed by atoms with E-state index < -0.39 is 48.6 Å². The van der Waals surface area contributed by atoms with Gasteiger partial charge in [0.25, 0.3) is 0 Å². The summed E-state index contributed by atoms with van der Waals surface area (Å²) >= 11 is 0. The van der Waals surface area contributed by atoms with Gasteiger partial charge in [0.1, 0.15) is 18.8 Å². The van der Waals surface area contributed by atoms with Crippen molar-refractivity contribution in [2.75, 3.05) is 13.7 Å². The van der Waals surface area contributed by atoms with Crippen molar-refractivity contribution in [3.05, 3.63) is 108 Å². The SMILES string of the molecule is CO[C@@H]1O[C@H](COC(=O)c2ccccc2)[C@H](OC(=O)c2ccccc2)[C@@H](O)[C@H]1OC(=O)c1ccccc1. The van der Waals surface area contributed by atoms with Crippen LogP contribution in [0.15, 0.2) is 91.0 Å². The molecule has 0 amide bonds. The fourth-order valence-electron chi connectivity index (χ4n) is 3.84. The zero-order valence-electron chi connectivity index (χ0n) is 20.0. The summed E-state index contributed by atoms with van der Waals surface area (Å²) in [4.78, 5) is 38.0. The molecule has 0 unspecified atom stereocenters. The fourth-order valence-corrected chi connectivity index (χ4v) is 3.84. The number of carbonyl (C=O) groups excluding carboxylic acids is 3. The molecule has 1 saturated heterocycles. The molecular weight excluding hydrogens is 480 g/mol. The average molecular weight is 507 g/mol. The van der Waals surface area contributed by atoms with Gasteiger partial charge in [-0.2, -0.15) is 0 Å². The summed E-state index contributed by atoms with van der Waals surface area (Å²) in [5, 5.41) is 11.2. The minimum absolute atomic E-state index is 0.237. The molecule has 0 aliphatic carbocycles. The molecule has 9 nitrogen and oxygen atoms in total. The third kappa shape index (κ3) is 6.39. The Kier molecular flexibility index (Phi) is 8.63. The van der Waals surface area contributed by atoms with Gasteiger partial charge >= 0.3 is 17.9 Å². The van der Waals surface area contributed by atoms with Gasteiger partial charge in [-0.25, -0.2) is 14.4 Å². The standard InChI is InChI=1S/C28H26O9/c1-33-28-24(37-27(32)20-15-9-4-10-16-20)22(29)23(36-26(31)19-13-7-3-8-14-19)21(35-28)17-34-25(30)18-11-5-2-6-12-18/h2-16,21-24,28-29H,17H2,1H3/t21-,22-,23+,24-,28-/m1/s1. The Bertz CT molecular complexity index is 1180. The Balaban J connectivity index is 1.55. The predicted octanol–water partition coefficient (Wildman–Crippen LogP) is 3.03. The lowest BCUT2D eigenvalue weighted by Crippen LogP contribution is -2.61. The molecule has 192 valence electrons. The van der Waals surface area contributed by atoms with E-state index in [-0.39, 0.29) is 17.7 Å². The highest BCUT2D eigenvalue weighted by atomic mass is 16.7. The van der Waals surface area contributed by atoms with Crippen molar-refractivity contribution in [3.8, 4) is 0 Å². The number of hydrogen-bond acceptors (Lipinski definition) is 9. The molecular formula is C28H26O9. The maximum atomic E-state index is 12.8. The number of benzene rings is 3. The summed E-state index contributed by atoms with van der Waals surface area (Å²) in [5.74, 6) is -2.09. The van der Waals surface area contributed by atoms with Gasteiger partial charge < -0.3 is 28.8 Å². The van der Waals surface area contributed by atoms with Gasteiger partial charge in [-0.1, -0.05) is 54.6 Å². The van der Waals surface area contributed by atoms with Crippen LogP contribution in [0.1, 0.15) is 31.1 Å². The first-order chi connectivity index (χ1) is 18.0. The number of rotatable bonds is 8. The summed E-state index contributed by atoms with van der Waals surface area (Å²) in [7, 11) is 1.31. The van der Waals surface area contributed by atoms with Crippen LogP contribution >= 0.6 is 0 Å². The van der Waals surface area contributed by atoms with E-state index in [0.717, 1.165) is 0 Å². The Morgan fingerprint density at radius 3 is 1.59 bits per heavy atom. The second kappa shape index (κ2) is 12.3. The number of aliphatic hydroxyl groups is 1. The average Bonchev–Trinajstić information content (AvgIpc) is 2.95. The molecule has 0 radical (unpaired) electrons. The molecule has 0 aromatic heterocycles. The highest BCUT2D eigenvalue weighted by molar-refractivity contribution is 5.90. The second-order valence-electron chi connectivity index (χ2n) is 8.21. The van der Waals surface area contributed by atoms with E-state index in [1.54, 1.807) is 91.0 Å². The highest BCUT2D eigenvalue weighted by Gasteiger charge is 2.50. The van der Waals surface area contributed by atoms with Gasteiger partial charge in [0.2, 0.25) is 0 Å². The number of aliphatic hydroxyl groups excluding tert-OH is 1. The number of hydrogen-bond donors (Lipinski definition) is 1. The highest BCUT2D eigenvalue weighted by Crippen LogP contribution is 2.28. The number of carbonyl (C=O) groups is 3. The first-order valence-electron chi connectivity index (χ1n) is 11.6. The van der Waals surface area contributed by atoms with Crippen molar-refractivity contribution in [3.63, 3.8) is 0 Å². The summed E-state index contributed by atoms with van der Waals surface area (Å²) < 4.78 is 27.7. The van der Waals surface area contributed by atoms with E-state index in [1.807, 2.05) is 0 Å². The zero-order valence-corrected chi connectivity index (χ0v) is 20.0. The van der Waals surface area contributed by atoms with Crippen LogP contribution in [0.4, 0.5) is 0 Å². The van der Waals surface area contributed by atoms with Crippen molar-refractivity contribution in [2.45, 2.75) is 30.7 Å². The second-order valence-corrected chi connectivity index (χ2v) is 8.21. The van der Waals surface area contributed by atoms with Crippen LogP contribution in [0.5, 0.6) is 0 Å². The van der Waals surface area contributed by atoms with Crippen molar-refractivity contribution in [1.29, 1.82) is 0 Å². The minimum atomic E-state index is -1.56. The molecule has 3 aromatic rings. The van der Waals surface area contributed by atoms with Crippen LogP contribution in [-0.4, -0.2) is 67.4 Å². The summed E-state index contributed by atoms with van der Waals surface area (Å²) in [6.45, 7) is -0.364. The molecule has 3 aromatic carbocycles. The van der Waals surface area contributed by atoms with E-state index in [4.69, 9.17) is 23.7 Å². The van der Waals surface area contributed by atoms with E-state index in [0.29, 0.717) is 5.56 Å². The molecule has 5 atom stereocenters. The maximum Gasteiger partial charge on any atom is 0.338 e. The molecule has 0 bridgehead atoms. The van der Waals surface area contributed by atoms with Crippen LogP contribution in [0.2, 0.25) is 0 Å². The normalized spacial score (nSPS) is 23.0. The quantitative estimate of drug-likeness (QED) is 0.363. The summed E-state index contributed by atoms with van der Waals surface area (Å²) in [6, 6.07) is 24.7. The van der Waals surface area contributed by atoms with Crippen molar-refractivity contribution >= 4 is 17.9 Å². The molecule has 1 aliphatic rings. The number of methoxy groups -OCH3 is 1. The first kappa shape index (κ1) is 26.0. The molecule has 0 spiro atoms. The van der Waals surface area contributed by atoms with Crippen LogP contribution < -0.4 is 0 Å². The molecule has 1 fully saturated rings. The molecule has 0 saturated carbocycles. The van der Waals surface area contributed by atoms with E-state index in [9.17, 15) is 19.5 Å². The maximum absolute atomic E-state index is 12.8. The minimum Gasteiger partial charge on any atom is -0.459 e. The van der Waals surface area contributed by atoms with Crippen LogP contribution in [0, 0.1) is 0 Å². The lowest BCUT2D eigenvalue weighted by molar-refractivity contribution is -0.292. The van der Waals surface area contributed by atoms with Gasteiger partial charge in [0.05, 0.1) is 16.7 Å².